The lowest BCUT2D eigenvalue weighted by atomic mass is 10.3. The first-order valence-electron chi connectivity index (χ1n) is 4.37. The molecule has 78 valence electrons. The number of rotatable bonds is 6. The minimum Gasteiger partial charge on any atom is -0.481 e. The van der Waals surface area contributed by atoms with Crippen molar-refractivity contribution < 1.29 is 4.74 Å². The smallest absolute Gasteiger partial charge is 0.209 e. The van der Waals surface area contributed by atoms with E-state index >= 15 is 0 Å². The van der Waals surface area contributed by atoms with Crippen LogP contribution in [-0.4, -0.2) is 32.3 Å². The fourth-order valence-corrected chi connectivity index (χ4v) is 0.869. The Morgan fingerprint density at radius 1 is 1.57 bits per heavy atom. The number of nitrogens with zero attached hydrogens (tertiary/aromatic N) is 2. The molecular weight excluding hydrogens is 176 g/mol. The van der Waals surface area contributed by atoms with Gasteiger partial charge in [-0.05, 0) is 25.8 Å². The highest BCUT2D eigenvalue weighted by molar-refractivity contribution is 5.27. The van der Waals surface area contributed by atoms with E-state index in [2.05, 4.69) is 23.2 Å². The summed E-state index contributed by atoms with van der Waals surface area (Å²) >= 11 is 0. The van der Waals surface area contributed by atoms with Gasteiger partial charge in [0, 0.05) is 19.3 Å². The van der Waals surface area contributed by atoms with E-state index in [1.807, 2.05) is 26.1 Å². The summed E-state index contributed by atoms with van der Waals surface area (Å²) in [5, 5.41) is 0. The van der Waals surface area contributed by atoms with E-state index in [1.165, 1.54) is 0 Å². The molecule has 3 heteroatoms. The summed E-state index contributed by atoms with van der Waals surface area (Å²) in [6.07, 6.45) is 5.58. The number of allylic oxidation sites excluding steroid dienone is 3. The maximum atomic E-state index is 4.96. The van der Waals surface area contributed by atoms with Gasteiger partial charge in [0.25, 0.3) is 0 Å². The molecule has 0 amide bonds. The van der Waals surface area contributed by atoms with Gasteiger partial charge < -0.3 is 9.64 Å². The molecule has 0 rings (SSSR count). The molecule has 0 bridgehead atoms. The number of methoxy groups -OCH3 is 1. The van der Waals surface area contributed by atoms with Crippen LogP contribution in [0.15, 0.2) is 41.4 Å². The lowest BCUT2D eigenvalue weighted by Crippen LogP contribution is -2.16. The fraction of sp³-hybridized carbons (Fsp3) is 0.364. The summed E-state index contributed by atoms with van der Waals surface area (Å²) in [6, 6.07) is 0. The Morgan fingerprint density at radius 3 is 2.64 bits per heavy atom. The average molecular weight is 194 g/mol. The van der Waals surface area contributed by atoms with E-state index in [0.717, 1.165) is 12.2 Å². The molecule has 0 aliphatic rings. The topological polar surface area (TPSA) is 24.8 Å². The van der Waals surface area contributed by atoms with Gasteiger partial charge in [0.1, 0.15) is 0 Å². The highest BCUT2D eigenvalue weighted by Crippen LogP contribution is 2.02. The van der Waals surface area contributed by atoms with Crippen molar-refractivity contribution in [2.75, 3.05) is 20.7 Å². The molecule has 0 aliphatic heterocycles. The molecule has 0 spiro atoms. The Bertz CT molecular complexity index is 254. The van der Waals surface area contributed by atoms with Crippen molar-refractivity contribution in [3.63, 3.8) is 0 Å². The van der Waals surface area contributed by atoms with Crippen molar-refractivity contribution in [3.8, 4) is 0 Å². The number of hydrogen-bond acceptors (Lipinski definition) is 3. The zero-order valence-electron chi connectivity index (χ0n) is 9.16. The normalized spacial score (nSPS) is 12.2. The van der Waals surface area contributed by atoms with E-state index in [9.17, 15) is 0 Å². The van der Waals surface area contributed by atoms with Gasteiger partial charge in [0.15, 0.2) is 0 Å². The van der Waals surface area contributed by atoms with Gasteiger partial charge in [-0.25, -0.2) is 4.99 Å². The van der Waals surface area contributed by atoms with Crippen molar-refractivity contribution in [2.45, 2.75) is 6.92 Å². The van der Waals surface area contributed by atoms with Crippen LogP contribution in [0.25, 0.3) is 0 Å². The number of aliphatic imine (C=N–C) groups is 1. The van der Waals surface area contributed by atoms with E-state index in [-0.39, 0.29) is 0 Å². The summed E-state index contributed by atoms with van der Waals surface area (Å²) in [6.45, 7) is 9.79. The first kappa shape index (κ1) is 12.5. The molecule has 0 unspecified atom stereocenters. The van der Waals surface area contributed by atoms with Gasteiger partial charge in [-0.15, -0.1) is 0 Å². The number of ether oxygens (including phenoxy) is 1. The molecule has 3 nitrogen and oxygen atoms in total. The summed E-state index contributed by atoms with van der Waals surface area (Å²) in [4.78, 5) is 5.77. The third kappa shape index (κ3) is 4.50. The zero-order chi connectivity index (χ0) is 11.0. The predicted octanol–water partition coefficient (Wildman–Crippen LogP) is 2.20. The molecule has 0 aromatic carbocycles. The molecule has 0 aliphatic carbocycles. The van der Waals surface area contributed by atoms with Crippen LogP contribution in [0.4, 0.5) is 0 Å². The van der Waals surface area contributed by atoms with Crippen LogP contribution in [0.3, 0.4) is 0 Å². The molecule has 0 fully saturated rings. The Morgan fingerprint density at radius 2 is 2.21 bits per heavy atom. The van der Waals surface area contributed by atoms with E-state index in [4.69, 9.17) is 4.74 Å². The molecule has 0 atom stereocenters. The van der Waals surface area contributed by atoms with Crippen molar-refractivity contribution in [2.24, 2.45) is 4.99 Å². The number of likely N-dealkylation sites (N-methyl/N-ethyl adjacent to an activating group) is 1. The van der Waals surface area contributed by atoms with Crippen molar-refractivity contribution >= 4 is 6.72 Å². The Balaban J connectivity index is 4.25. The molecule has 0 heterocycles. The van der Waals surface area contributed by atoms with Gasteiger partial charge >= 0.3 is 0 Å². The third-order valence-corrected chi connectivity index (χ3v) is 1.87. The van der Waals surface area contributed by atoms with E-state index in [1.54, 1.807) is 13.2 Å². The van der Waals surface area contributed by atoms with Crippen molar-refractivity contribution in [1.29, 1.82) is 0 Å². The number of hydrogen-bond donors (Lipinski definition) is 0. The molecule has 0 aromatic rings. The molecule has 0 saturated carbocycles. The van der Waals surface area contributed by atoms with Crippen LogP contribution >= 0.6 is 0 Å². The van der Waals surface area contributed by atoms with Crippen LogP contribution in [-0.2, 0) is 4.74 Å². The standard InChI is InChI=1S/C11H18N2O/c1-6-7-10(2)13(4)9-8-11(12-3)14-5/h6-8H,1,3,9H2,2,4-5H3/b10-7+,11-8-. The van der Waals surface area contributed by atoms with Crippen LogP contribution < -0.4 is 0 Å². The van der Waals surface area contributed by atoms with Gasteiger partial charge in [0.05, 0.1) is 7.11 Å². The second-order valence-electron chi connectivity index (χ2n) is 2.83. The highest BCUT2D eigenvalue weighted by atomic mass is 16.5. The summed E-state index contributed by atoms with van der Waals surface area (Å²) < 4.78 is 4.96. The first-order chi connectivity index (χ1) is 6.65. The predicted molar refractivity (Wildman–Crippen MR) is 61.2 cm³/mol. The fourth-order valence-electron chi connectivity index (χ4n) is 0.869. The third-order valence-electron chi connectivity index (χ3n) is 1.87. The van der Waals surface area contributed by atoms with Gasteiger partial charge in [-0.1, -0.05) is 12.7 Å². The zero-order valence-corrected chi connectivity index (χ0v) is 9.16. The first-order valence-corrected chi connectivity index (χ1v) is 4.37. The average Bonchev–Trinajstić information content (AvgIpc) is 2.19. The second-order valence-corrected chi connectivity index (χ2v) is 2.83. The molecule has 0 saturated heterocycles. The van der Waals surface area contributed by atoms with Crippen LogP contribution in [0.1, 0.15) is 6.92 Å². The maximum absolute atomic E-state index is 4.96. The Labute approximate surface area is 86.1 Å². The van der Waals surface area contributed by atoms with Gasteiger partial charge in [0.2, 0.25) is 5.88 Å². The summed E-state index contributed by atoms with van der Waals surface area (Å²) in [5.41, 5.74) is 1.13. The minimum absolute atomic E-state index is 0.545. The lowest BCUT2D eigenvalue weighted by Gasteiger charge is -2.17. The Hall–Kier alpha value is -1.51. The molecule has 0 N–H and O–H groups in total. The quantitative estimate of drug-likeness (QED) is 0.368. The van der Waals surface area contributed by atoms with Crippen molar-refractivity contribution in [1.82, 2.24) is 4.90 Å². The van der Waals surface area contributed by atoms with E-state index < -0.39 is 0 Å². The molecule has 14 heavy (non-hydrogen) atoms. The Kier molecular flexibility index (Phi) is 6.20. The second kappa shape index (κ2) is 6.95. The largest absolute Gasteiger partial charge is 0.481 e. The van der Waals surface area contributed by atoms with Crippen LogP contribution in [0.5, 0.6) is 0 Å². The maximum Gasteiger partial charge on any atom is 0.209 e. The highest BCUT2D eigenvalue weighted by Gasteiger charge is 1.96. The minimum atomic E-state index is 0.545. The van der Waals surface area contributed by atoms with E-state index in [0.29, 0.717) is 5.88 Å². The molecule has 0 aromatic heterocycles. The monoisotopic (exact) mass is 194 g/mol. The van der Waals surface area contributed by atoms with Crippen LogP contribution in [0.2, 0.25) is 0 Å². The molecule has 0 radical (unpaired) electrons. The molecular formula is C11H18N2O. The van der Waals surface area contributed by atoms with Gasteiger partial charge in [-0.3, -0.25) is 0 Å². The lowest BCUT2D eigenvalue weighted by molar-refractivity contribution is 0.285. The SMILES string of the molecule is C=C/C=C(\C)N(C)C/C=C(/N=C)OC. The van der Waals surface area contributed by atoms with Crippen LogP contribution in [0, 0.1) is 0 Å². The summed E-state index contributed by atoms with van der Waals surface area (Å²) in [7, 11) is 3.56. The van der Waals surface area contributed by atoms with Crippen molar-refractivity contribution in [3.05, 3.63) is 36.4 Å². The summed E-state index contributed by atoms with van der Waals surface area (Å²) in [5.74, 6) is 0.545. The van der Waals surface area contributed by atoms with Gasteiger partial charge in [-0.2, -0.15) is 0 Å².